The Bertz CT molecular complexity index is 371. The van der Waals surface area contributed by atoms with E-state index in [2.05, 4.69) is 15.9 Å². The van der Waals surface area contributed by atoms with Gasteiger partial charge >= 0.3 is 0 Å². The van der Waals surface area contributed by atoms with Gasteiger partial charge in [-0.1, -0.05) is 6.07 Å². The molecule has 1 atom stereocenters. The average Bonchev–Trinajstić information content (AvgIpc) is 2.24. The lowest BCUT2D eigenvalue weighted by atomic mass is 10.2. The number of nitrogen functional groups attached to an aromatic ring is 1. The maximum atomic E-state index is 11.7. The highest BCUT2D eigenvalue weighted by atomic mass is 79.9. The Kier molecular flexibility index (Phi) is 6.01. The molecule has 0 fully saturated rings. The summed E-state index contributed by atoms with van der Waals surface area (Å²) in [5, 5.41) is 0. The molecule has 90 valence electrons. The van der Waals surface area contributed by atoms with Crippen LogP contribution >= 0.6 is 15.9 Å². The number of hydrogen-bond donors (Lipinski definition) is 1. The highest BCUT2D eigenvalue weighted by molar-refractivity contribution is 9.10. The van der Waals surface area contributed by atoms with Crippen molar-refractivity contribution in [1.82, 2.24) is 0 Å². The first-order valence-corrected chi connectivity index (χ1v) is 7.29. The molecule has 0 aliphatic rings. The molecule has 0 amide bonds. The molecule has 1 aromatic carbocycles. The molecule has 3 nitrogen and oxygen atoms in total. The van der Waals surface area contributed by atoms with Crippen LogP contribution in [0.4, 0.5) is 5.69 Å². The fourth-order valence-electron chi connectivity index (χ4n) is 1.31. The van der Waals surface area contributed by atoms with Crippen LogP contribution in [-0.4, -0.2) is 23.7 Å². The Morgan fingerprint density at radius 2 is 2.25 bits per heavy atom. The smallest absolute Gasteiger partial charge is 0.0486 e. The Morgan fingerprint density at radius 3 is 2.88 bits per heavy atom. The Morgan fingerprint density at radius 1 is 1.50 bits per heavy atom. The van der Waals surface area contributed by atoms with Crippen LogP contribution in [0.3, 0.4) is 0 Å². The van der Waals surface area contributed by atoms with Gasteiger partial charge in [0.2, 0.25) is 0 Å². The number of hydrogen-bond acceptors (Lipinski definition) is 3. The molecule has 0 spiro atoms. The molecule has 0 heterocycles. The molecule has 0 saturated heterocycles. The summed E-state index contributed by atoms with van der Waals surface area (Å²) in [6.07, 6.45) is 0.828. The van der Waals surface area contributed by atoms with Gasteiger partial charge in [-0.2, -0.15) is 0 Å². The molecule has 0 aliphatic carbocycles. The van der Waals surface area contributed by atoms with Crippen LogP contribution in [0, 0.1) is 0 Å². The van der Waals surface area contributed by atoms with Gasteiger partial charge in [0, 0.05) is 46.2 Å². The summed E-state index contributed by atoms with van der Waals surface area (Å²) in [6.45, 7) is 0.661. The lowest BCUT2D eigenvalue weighted by Gasteiger charge is -2.04. The number of anilines is 1. The number of ether oxygens (including phenoxy) is 1. The third-order valence-corrected chi connectivity index (χ3v) is 4.23. The quantitative estimate of drug-likeness (QED) is 0.648. The summed E-state index contributed by atoms with van der Waals surface area (Å²) in [7, 11) is 0.813. The van der Waals surface area contributed by atoms with Crippen molar-refractivity contribution in [3.63, 3.8) is 0 Å². The van der Waals surface area contributed by atoms with E-state index in [-0.39, 0.29) is 0 Å². The van der Waals surface area contributed by atoms with Crippen molar-refractivity contribution in [3.05, 3.63) is 28.2 Å². The Labute approximate surface area is 107 Å². The number of rotatable bonds is 6. The normalized spacial score (nSPS) is 12.6. The fraction of sp³-hybridized carbons (Fsp3) is 0.455. The van der Waals surface area contributed by atoms with Gasteiger partial charge < -0.3 is 10.5 Å². The molecular weight excluding hydrogens is 290 g/mol. The first-order chi connectivity index (χ1) is 7.63. The largest absolute Gasteiger partial charge is 0.398 e. The van der Waals surface area contributed by atoms with Crippen LogP contribution in [0.15, 0.2) is 22.7 Å². The van der Waals surface area contributed by atoms with Gasteiger partial charge in [0.05, 0.1) is 0 Å². The van der Waals surface area contributed by atoms with Crippen molar-refractivity contribution < 1.29 is 8.95 Å². The zero-order valence-corrected chi connectivity index (χ0v) is 11.6. The second kappa shape index (κ2) is 7.04. The van der Waals surface area contributed by atoms with Gasteiger partial charge in [0.15, 0.2) is 0 Å². The van der Waals surface area contributed by atoms with Crippen molar-refractivity contribution in [3.8, 4) is 0 Å². The Balaban J connectivity index is 2.46. The van der Waals surface area contributed by atoms with E-state index < -0.39 is 10.8 Å². The molecule has 5 heteroatoms. The van der Waals surface area contributed by atoms with Crippen molar-refractivity contribution in [1.29, 1.82) is 0 Å². The molecule has 0 bridgehead atoms. The van der Waals surface area contributed by atoms with Crippen LogP contribution in [0.25, 0.3) is 0 Å². The van der Waals surface area contributed by atoms with Gasteiger partial charge in [-0.05, 0) is 40.0 Å². The summed E-state index contributed by atoms with van der Waals surface area (Å²) >= 11 is 3.33. The van der Waals surface area contributed by atoms with Crippen LogP contribution < -0.4 is 5.73 Å². The van der Waals surface area contributed by atoms with E-state index in [1.54, 1.807) is 7.11 Å². The molecule has 0 aromatic heterocycles. The van der Waals surface area contributed by atoms with E-state index in [0.29, 0.717) is 23.8 Å². The summed E-state index contributed by atoms with van der Waals surface area (Å²) in [6, 6.07) is 5.68. The van der Waals surface area contributed by atoms with E-state index in [1.165, 1.54) is 0 Å². The average molecular weight is 306 g/mol. The van der Waals surface area contributed by atoms with E-state index in [0.717, 1.165) is 16.5 Å². The SMILES string of the molecule is COCCCS(=O)Cc1ccc(Br)c(N)c1. The zero-order valence-electron chi connectivity index (χ0n) is 9.24. The highest BCUT2D eigenvalue weighted by Crippen LogP contribution is 2.20. The second-order valence-electron chi connectivity index (χ2n) is 3.49. The van der Waals surface area contributed by atoms with Crippen molar-refractivity contribution in [2.24, 2.45) is 0 Å². The van der Waals surface area contributed by atoms with Crippen LogP contribution in [0.5, 0.6) is 0 Å². The van der Waals surface area contributed by atoms with Crippen LogP contribution in [0.2, 0.25) is 0 Å². The minimum absolute atomic E-state index is 0.557. The molecule has 16 heavy (non-hydrogen) atoms. The third-order valence-electron chi connectivity index (χ3n) is 2.11. The molecule has 1 aromatic rings. The monoisotopic (exact) mass is 305 g/mol. The van der Waals surface area contributed by atoms with Gasteiger partial charge in [0.25, 0.3) is 0 Å². The molecule has 1 unspecified atom stereocenters. The summed E-state index contributed by atoms with van der Waals surface area (Å²) < 4.78 is 17.5. The van der Waals surface area contributed by atoms with Crippen LogP contribution in [-0.2, 0) is 21.3 Å². The topological polar surface area (TPSA) is 52.3 Å². The lowest BCUT2D eigenvalue weighted by Crippen LogP contribution is -2.04. The second-order valence-corrected chi connectivity index (χ2v) is 5.92. The van der Waals surface area contributed by atoms with Crippen LogP contribution in [0.1, 0.15) is 12.0 Å². The molecule has 1 rings (SSSR count). The summed E-state index contributed by atoms with van der Waals surface area (Å²) in [5.74, 6) is 1.23. The molecule has 0 radical (unpaired) electrons. The summed E-state index contributed by atoms with van der Waals surface area (Å²) in [5.41, 5.74) is 7.45. The fourth-order valence-corrected chi connectivity index (χ4v) is 2.69. The number of benzene rings is 1. The van der Waals surface area contributed by atoms with E-state index in [1.807, 2.05) is 18.2 Å². The number of halogens is 1. The minimum Gasteiger partial charge on any atom is -0.398 e. The van der Waals surface area contributed by atoms with Gasteiger partial charge in [-0.3, -0.25) is 4.21 Å². The van der Waals surface area contributed by atoms with E-state index >= 15 is 0 Å². The molecule has 0 saturated carbocycles. The van der Waals surface area contributed by atoms with Gasteiger partial charge in [-0.25, -0.2) is 0 Å². The van der Waals surface area contributed by atoms with E-state index in [9.17, 15) is 4.21 Å². The highest BCUT2D eigenvalue weighted by Gasteiger charge is 2.03. The van der Waals surface area contributed by atoms with Crippen molar-refractivity contribution in [2.45, 2.75) is 12.2 Å². The predicted molar refractivity (Wildman–Crippen MR) is 71.8 cm³/mol. The number of nitrogens with two attached hydrogens (primary N) is 1. The predicted octanol–water partition coefficient (Wildman–Crippen LogP) is 2.32. The van der Waals surface area contributed by atoms with Crippen molar-refractivity contribution in [2.75, 3.05) is 25.2 Å². The molecule has 0 aliphatic heterocycles. The third kappa shape index (κ3) is 4.63. The van der Waals surface area contributed by atoms with Crippen molar-refractivity contribution >= 4 is 32.4 Å². The number of methoxy groups -OCH3 is 1. The minimum atomic E-state index is -0.838. The van der Waals surface area contributed by atoms with Gasteiger partial charge in [0.1, 0.15) is 0 Å². The zero-order chi connectivity index (χ0) is 12.0. The first kappa shape index (κ1) is 13.7. The molecule has 2 N–H and O–H groups in total. The van der Waals surface area contributed by atoms with E-state index in [4.69, 9.17) is 10.5 Å². The first-order valence-electron chi connectivity index (χ1n) is 5.01. The molecular formula is C11H16BrNO2S. The lowest BCUT2D eigenvalue weighted by molar-refractivity contribution is 0.200. The summed E-state index contributed by atoms with van der Waals surface area (Å²) in [4.78, 5) is 0. The standard InChI is InChI=1S/C11H16BrNO2S/c1-15-5-2-6-16(14)8-9-3-4-10(12)11(13)7-9/h3-4,7H,2,5-6,8,13H2,1H3. The Hall–Kier alpha value is -0.390. The maximum absolute atomic E-state index is 11.7. The van der Waals surface area contributed by atoms with Gasteiger partial charge in [-0.15, -0.1) is 0 Å². The maximum Gasteiger partial charge on any atom is 0.0486 e.